The maximum Gasteiger partial charge on any atom is 0.268 e. The maximum atomic E-state index is 11.9. The summed E-state index contributed by atoms with van der Waals surface area (Å²) in [6, 6.07) is 1.63. The molecule has 0 bridgehead atoms. The first-order valence-corrected chi connectivity index (χ1v) is 6.88. The molecule has 0 aromatic carbocycles. The summed E-state index contributed by atoms with van der Waals surface area (Å²) < 4.78 is 1.36. The lowest BCUT2D eigenvalue weighted by Gasteiger charge is -2.31. The molecule has 0 amide bonds. The number of hydrogen-bond acceptors (Lipinski definition) is 4. The molecule has 104 valence electrons. The number of piperidine rings is 1. The van der Waals surface area contributed by atoms with Gasteiger partial charge in [0.2, 0.25) is 0 Å². The molecule has 19 heavy (non-hydrogen) atoms. The van der Waals surface area contributed by atoms with Gasteiger partial charge in [-0.3, -0.25) is 9.59 Å². The molecule has 0 radical (unpaired) electrons. The Morgan fingerprint density at radius 1 is 1.42 bits per heavy atom. The molecule has 0 atom stereocenters. The molecule has 1 aliphatic rings. The molecule has 0 saturated carbocycles. The molecule has 1 fully saturated rings. The Kier molecular flexibility index (Phi) is 4.35. The highest BCUT2D eigenvalue weighted by atomic mass is 16.1. The molecule has 1 aromatic rings. The van der Waals surface area contributed by atoms with E-state index in [0.717, 1.165) is 37.5 Å². The van der Waals surface area contributed by atoms with E-state index in [9.17, 15) is 9.59 Å². The van der Waals surface area contributed by atoms with Gasteiger partial charge < -0.3 is 4.90 Å². The van der Waals surface area contributed by atoms with Gasteiger partial charge in [0.1, 0.15) is 5.78 Å². The molecular weight excluding hydrogens is 242 g/mol. The van der Waals surface area contributed by atoms with Crippen LogP contribution in [0.25, 0.3) is 0 Å². The zero-order valence-corrected chi connectivity index (χ0v) is 11.6. The summed E-state index contributed by atoms with van der Waals surface area (Å²) in [5, 5.41) is 4.15. The van der Waals surface area contributed by atoms with Gasteiger partial charge in [0.25, 0.3) is 5.56 Å². The third-order valence-electron chi connectivity index (χ3n) is 3.68. The Morgan fingerprint density at radius 3 is 2.68 bits per heavy atom. The van der Waals surface area contributed by atoms with Crippen LogP contribution in [0.15, 0.2) is 17.1 Å². The first-order valence-electron chi connectivity index (χ1n) is 6.88. The number of aryl methyl sites for hydroxylation is 1. The summed E-state index contributed by atoms with van der Waals surface area (Å²) in [5.41, 5.74) is 0.772. The van der Waals surface area contributed by atoms with E-state index in [4.69, 9.17) is 0 Å². The van der Waals surface area contributed by atoms with E-state index < -0.39 is 0 Å². The zero-order valence-electron chi connectivity index (χ0n) is 11.6. The number of anilines is 1. The van der Waals surface area contributed by atoms with E-state index >= 15 is 0 Å². The van der Waals surface area contributed by atoms with Gasteiger partial charge in [0.05, 0.1) is 18.4 Å². The Balaban J connectivity index is 2.06. The Hall–Kier alpha value is -1.65. The van der Waals surface area contributed by atoms with E-state index in [0.29, 0.717) is 13.0 Å². The fourth-order valence-electron chi connectivity index (χ4n) is 2.30. The van der Waals surface area contributed by atoms with E-state index in [-0.39, 0.29) is 11.3 Å². The highest BCUT2D eigenvalue weighted by Gasteiger charge is 2.16. The van der Waals surface area contributed by atoms with Crippen LogP contribution in [-0.4, -0.2) is 28.7 Å². The quantitative estimate of drug-likeness (QED) is 0.825. The summed E-state index contributed by atoms with van der Waals surface area (Å²) in [5.74, 6) is 0.836. The van der Waals surface area contributed by atoms with Gasteiger partial charge in [-0.2, -0.15) is 5.10 Å². The van der Waals surface area contributed by atoms with Gasteiger partial charge in [0.15, 0.2) is 0 Å². The predicted molar refractivity (Wildman–Crippen MR) is 74.4 cm³/mol. The van der Waals surface area contributed by atoms with Crippen LogP contribution in [0.3, 0.4) is 0 Å². The Bertz CT molecular complexity index is 502. The van der Waals surface area contributed by atoms with Crippen molar-refractivity contribution in [2.24, 2.45) is 5.92 Å². The van der Waals surface area contributed by atoms with Crippen molar-refractivity contribution in [2.75, 3.05) is 18.0 Å². The monoisotopic (exact) mass is 263 g/mol. The average molecular weight is 263 g/mol. The Labute approximate surface area is 113 Å². The second-order valence-corrected chi connectivity index (χ2v) is 5.40. The molecule has 0 unspecified atom stereocenters. The van der Waals surface area contributed by atoms with Gasteiger partial charge >= 0.3 is 0 Å². The van der Waals surface area contributed by atoms with Crippen molar-refractivity contribution < 1.29 is 4.79 Å². The number of rotatable bonds is 4. The molecule has 5 nitrogen and oxygen atoms in total. The molecule has 5 heteroatoms. The van der Waals surface area contributed by atoms with Crippen LogP contribution in [0.5, 0.6) is 0 Å². The van der Waals surface area contributed by atoms with Crippen LogP contribution in [0.4, 0.5) is 5.69 Å². The Morgan fingerprint density at radius 2 is 2.11 bits per heavy atom. The normalized spacial score (nSPS) is 16.6. The number of nitrogens with zero attached hydrogens (tertiary/aromatic N) is 3. The smallest absolute Gasteiger partial charge is 0.268 e. The minimum atomic E-state index is -0.127. The van der Waals surface area contributed by atoms with Crippen LogP contribution in [-0.2, 0) is 11.3 Å². The average Bonchev–Trinajstić information content (AvgIpc) is 2.38. The summed E-state index contributed by atoms with van der Waals surface area (Å²) in [4.78, 5) is 25.1. The molecule has 1 aromatic heterocycles. The van der Waals surface area contributed by atoms with E-state index in [1.807, 2.05) is 0 Å². The lowest BCUT2D eigenvalue weighted by Crippen LogP contribution is -2.34. The highest BCUT2D eigenvalue weighted by molar-refractivity contribution is 5.75. The van der Waals surface area contributed by atoms with E-state index in [2.05, 4.69) is 16.9 Å². The van der Waals surface area contributed by atoms with Crippen molar-refractivity contribution in [1.82, 2.24) is 9.78 Å². The summed E-state index contributed by atoms with van der Waals surface area (Å²) in [6.45, 7) is 6.12. The lowest BCUT2D eigenvalue weighted by molar-refractivity contribution is -0.117. The first-order chi connectivity index (χ1) is 9.06. The largest absolute Gasteiger partial charge is 0.370 e. The van der Waals surface area contributed by atoms with E-state index in [1.54, 1.807) is 12.3 Å². The number of carbonyl (C=O) groups excluding carboxylic acids is 1. The maximum absolute atomic E-state index is 11.9. The summed E-state index contributed by atoms with van der Waals surface area (Å²) in [6.07, 6.45) is 4.41. The summed E-state index contributed by atoms with van der Waals surface area (Å²) in [7, 11) is 0. The molecule has 1 saturated heterocycles. The van der Waals surface area contributed by atoms with Gasteiger partial charge in [0, 0.05) is 25.6 Å². The highest BCUT2D eigenvalue weighted by Crippen LogP contribution is 2.20. The second kappa shape index (κ2) is 5.99. The first kappa shape index (κ1) is 13.8. The number of ketones is 1. The van der Waals surface area contributed by atoms with Crippen LogP contribution in [0, 0.1) is 5.92 Å². The van der Waals surface area contributed by atoms with Gasteiger partial charge in [-0.1, -0.05) is 6.92 Å². The standard InChI is InChI=1S/C14H21N3O2/c1-11-3-6-16(7-4-11)13-9-14(19)17(15-10-13)8-5-12(2)18/h9-11H,3-8H2,1-2H3. The molecule has 0 aliphatic carbocycles. The molecule has 2 rings (SSSR count). The van der Waals surface area contributed by atoms with E-state index in [1.165, 1.54) is 11.6 Å². The molecule has 2 heterocycles. The van der Waals surface area contributed by atoms with Crippen molar-refractivity contribution in [3.05, 3.63) is 22.6 Å². The number of Topliss-reactive ketones (excluding diaryl/α,β-unsaturated/α-hetero) is 1. The second-order valence-electron chi connectivity index (χ2n) is 5.40. The van der Waals surface area contributed by atoms with Gasteiger partial charge in [-0.05, 0) is 25.7 Å². The molecule has 0 spiro atoms. The van der Waals surface area contributed by atoms with Crippen molar-refractivity contribution in [3.63, 3.8) is 0 Å². The third-order valence-corrected chi connectivity index (χ3v) is 3.68. The fraction of sp³-hybridized carbons (Fsp3) is 0.643. The zero-order chi connectivity index (χ0) is 13.8. The van der Waals surface area contributed by atoms with Crippen LogP contribution < -0.4 is 10.5 Å². The SMILES string of the molecule is CC(=O)CCn1ncc(N2CCC(C)CC2)cc1=O. The minimum absolute atomic E-state index is 0.0720. The lowest BCUT2D eigenvalue weighted by atomic mass is 9.99. The van der Waals surface area contributed by atoms with Gasteiger partial charge in [-0.15, -0.1) is 0 Å². The predicted octanol–water partition coefficient (Wildman–Crippen LogP) is 1.46. The number of aromatic nitrogens is 2. The third kappa shape index (κ3) is 3.66. The van der Waals surface area contributed by atoms with Crippen molar-refractivity contribution in [1.29, 1.82) is 0 Å². The number of hydrogen-bond donors (Lipinski definition) is 0. The van der Waals surface area contributed by atoms with Crippen molar-refractivity contribution in [2.45, 2.75) is 39.7 Å². The van der Waals surface area contributed by atoms with Crippen LogP contribution >= 0.6 is 0 Å². The molecule has 0 N–H and O–H groups in total. The summed E-state index contributed by atoms with van der Waals surface area (Å²) >= 11 is 0. The molecule has 1 aliphatic heterocycles. The minimum Gasteiger partial charge on any atom is -0.370 e. The van der Waals surface area contributed by atoms with Crippen LogP contribution in [0.1, 0.15) is 33.1 Å². The van der Waals surface area contributed by atoms with Gasteiger partial charge in [-0.25, -0.2) is 4.68 Å². The van der Waals surface area contributed by atoms with Crippen LogP contribution in [0.2, 0.25) is 0 Å². The molecular formula is C14H21N3O2. The number of carbonyl (C=O) groups is 1. The van der Waals surface area contributed by atoms with Crippen molar-refractivity contribution >= 4 is 11.5 Å². The topological polar surface area (TPSA) is 55.2 Å². The fourth-order valence-corrected chi connectivity index (χ4v) is 2.30. The van der Waals surface area contributed by atoms with Crippen molar-refractivity contribution in [3.8, 4) is 0 Å².